The first-order chi connectivity index (χ1) is 6.02. The summed E-state index contributed by atoms with van der Waals surface area (Å²) in [6, 6.07) is 0. The highest BCUT2D eigenvalue weighted by atomic mass is 32.2. The van der Waals surface area contributed by atoms with E-state index in [1.807, 2.05) is 0 Å². The number of nitrogens with zero attached hydrogens (tertiary/aromatic N) is 1. The molecule has 13 heavy (non-hydrogen) atoms. The van der Waals surface area contributed by atoms with E-state index in [1.165, 1.54) is 10.4 Å². The Bertz CT molecular complexity index is 319. The van der Waals surface area contributed by atoms with Crippen molar-refractivity contribution >= 4 is 16.0 Å². The lowest BCUT2D eigenvalue weighted by Crippen LogP contribution is -2.25. The zero-order valence-electron chi connectivity index (χ0n) is 7.01. The van der Waals surface area contributed by atoms with Crippen LogP contribution in [0.2, 0.25) is 0 Å². The van der Waals surface area contributed by atoms with E-state index in [1.54, 1.807) is 0 Å². The molecule has 1 aliphatic rings. The second kappa shape index (κ2) is 3.89. The fourth-order valence-electron chi connectivity index (χ4n) is 1.17. The molecule has 0 aromatic carbocycles. The lowest BCUT2D eigenvalue weighted by Gasteiger charge is -2.10. The van der Waals surface area contributed by atoms with Crippen LogP contribution in [0.3, 0.4) is 0 Å². The van der Waals surface area contributed by atoms with Crippen molar-refractivity contribution in [1.29, 1.82) is 0 Å². The van der Waals surface area contributed by atoms with E-state index >= 15 is 0 Å². The number of carboxylic acids is 1. The zero-order valence-corrected chi connectivity index (χ0v) is 7.83. The van der Waals surface area contributed by atoms with Crippen molar-refractivity contribution < 1.29 is 18.3 Å². The first-order valence-electron chi connectivity index (χ1n) is 3.90. The first kappa shape index (κ1) is 10.2. The van der Waals surface area contributed by atoms with Crippen LogP contribution in [-0.2, 0) is 14.8 Å². The molecule has 5 nitrogen and oxygen atoms in total. The van der Waals surface area contributed by atoms with Crippen LogP contribution in [0.5, 0.6) is 0 Å². The van der Waals surface area contributed by atoms with Gasteiger partial charge in [-0.3, -0.25) is 0 Å². The molecular weight excluding hydrogens is 194 g/mol. The van der Waals surface area contributed by atoms with Gasteiger partial charge < -0.3 is 5.11 Å². The van der Waals surface area contributed by atoms with Crippen molar-refractivity contribution in [2.45, 2.75) is 6.42 Å². The average Bonchev–Trinajstić information content (AvgIpc) is 2.30. The van der Waals surface area contributed by atoms with Crippen LogP contribution in [0, 0.1) is 0 Å². The fourth-order valence-corrected chi connectivity index (χ4v) is 2.64. The van der Waals surface area contributed by atoms with Gasteiger partial charge in [-0.2, -0.15) is 4.31 Å². The summed E-state index contributed by atoms with van der Waals surface area (Å²) in [6.45, 7) is 0.654. The van der Waals surface area contributed by atoms with Gasteiger partial charge in [0.05, 0.1) is 5.75 Å². The molecule has 0 aliphatic carbocycles. The fraction of sp³-hybridized carbons (Fsp3) is 0.571. The maximum atomic E-state index is 11.2. The smallest absolute Gasteiger partial charge is 0.328 e. The minimum atomic E-state index is -3.10. The summed E-state index contributed by atoms with van der Waals surface area (Å²) < 4.78 is 23.6. The van der Waals surface area contributed by atoms with E-state index in [-0.39, 0.29) is 12.3 Å². The minimum absolute atomic E-state index is 0.161. The highest BCUT2D eigenvalue weighted by Crippen LogP contribution is 2.12. The number of rotatable bonds is 3. The van der Waals surface area contributed by atoms with Gasteiger partial charge in [0.15, 0.2) is 0 Å². The molecule has 0 aromatic rings. The topological polar surface area (TPSA) is 74.7 Å². The van der Waals surface area contributed by atoms with Crippen LogP contribution in [-0.4, -0.2) is 42.6 Å². The molecule has 0 aromatic heterocycles. The molecule has 0 atom stereocenters. The third-order valence-corrected chi connectivity index (χ3v) is 3.70. The SMILES string of the molecule is O=C(O)/C=C/CN1CCCS1(=O)=O. The summed E-state index contributed by atoms with van der Waals surface area (Å²) in [7, 11) is -3.10. The molecule has 0 radical (unpaired) electrons. The van der Waals surface area contributed by atoms with E-state index in [0.717, 1.165) is 6.08 Å². The number of sulfonamides is 1. The van der Waals surface area contributed by atoms with E-state index in [2.05, 4.69) is 0 Å². The van der Waals surface area contributed by atoms with Gasteiger partial charge in [-0.25, -0.2) is 13.2 Å². The normalized spacial score (nSPS) is 22.5. The molecule has 0 amide bonds. The summed E-state index contributed by atoms with van der Waals surface area (Å²) in [5.74, 6) is -0.884. The molecule has 1 fully saturated rings. The number of hydrogen-bond acceptors (Lipinski definition) is 3. The van der Waals surface area contributed by atoms with Gasteiger partial charge in [-0.15, -0.1) is 0 Å². The van der Waals surface area contributed by atoms with Crippen molar-refractivity contribution in [2.75, 3.05) is 18.8 Å². The van der Waals surface area contributed by atoms with E-state index in [9.17, 15) is 13.2 Å². The van der Waals surface area contributed by atoms with Crippen LogP contribution < -0.4 is 0 Å². The molecule has 0 unspecified atom stereocenters. The maximum absolute atomic E-state index is 11.2. The van der Waals surface area contributed by atoms with Crippen molar-refractivity contribution in [1.82, 2.24) is 4.31 Å². The molecule has 0 saturated carbocycles. The van der Waals surface area contributed by atoms with Crippen LogP contribution in [0.15, 0.2) is 12.2 Å². The summed E-state index contributed by atoms with van der Waals surface area (Å²) in [6.07, 6.45) is 2.92. The minimum Gasteiger partial charge on any atom is -0.478 e. The predicted molar refractivity (Wildman–Crippen MR) is 46.8 cm³/mol. The second-order valence-electron chi connectivity index (χ2n) is 2.77. The lowest BCUT2D eigenvalue weighted by molar-refractivity contribution is -0.131. The third-order valence-electron chi connectivity index (χ3n) is 1.77. The number of aliphatic carboxylic acids is 1. The largest absolute Gasteiger partial charge is 0.478 e. The molecule has 74 valence electrons. The van der Waals surface area contributed by atoms with Gasteiger partial charge in [0.2, 0.25) is 10.0 Å². The monoisotopic (exact) mass is 205 g/mol. The van der Waals surface area contributed by atoms with Crippen LogP contribution in [0.1, 0.15) is 6.42 Å². The maximum Gasteiger partial charge on any atom is 0.328 e. The molecule has 1 saturated heterocycles. The number of carbonyl (C=O) groups is 1. The summed E-state index contributed by atoms with van der Waals surface area (Å²) in [4.78, 5) is 10.1. The van der Waals surface area contributed by atoms with E-state index < -0.39 is 16.0 Å². The Hall–Kier alpha value is -0.880. The second-order valence-corrected chi connectivity index (χ2v) is 4.86. The summed E-state index contributed by atoms with van der Waals surface area (Å²) in [5, 5.41) is 8.26. The van der Waals surface area contributed by atoms with Crippen molar-refractivity contribution in [2.24, 2.45) is 0 Å². The highest BCUT2D eigenvalue weighted by molar-refractivity contribution is 7.89. The Morgan fingerprint density at radius 3 is 2.69 bits per heavy atom. The van der Waals surface area contributed by atoms with Gasteiger partial charge in [0, 0.05) is 19.2 Å². The third kappa shape index (κ3) is 2.82. The molecule has 1 heterocycles. The van der Waals surface area contributed by atoms with Crippen molar-refractivity contribution in [3.05, 3.63) is 12.2 Å². The van der Waals surface area contributed by atoms with Crippen molar-refractivity contribution in [3.8, 4) is 0 Å². The molecular formula is C7H11NO4S. The zero-order chi connectivity index (χ0) is 9.90. The van der Waals surface area contributed by atoms with Gasteiger partial charge in [-0.1, -0.05) is 6.08 Å². The highest BCUT2D eigenvalue weighted by Gasteiger charge is 2.26. The Balaban J connectivity index is 2.51. The van der Waals surface area contributed by atoms with E-state index in [4.69, 9.17) is 5.11 Å². The van der Waals surface area contributed by atoms with Gasteiger partial charge in [-0.05, 0) is 6.42 Å². The quantitative estimate of drug-likeness (QED) is 0.640. The predicted octanol–water partition coefficient (Wildman–Crippen LogP) is -0.337. The molecule has 0 bridgehead atoms. The Morgan fingerprint density at radius 2 is 2.23 bits per heavy atom. The average molecular weight is 205 g/mol. The Morgan fingerprint density at radius 1 is 1.54 bits per heavy atom. The standard InChI is InChI=1S/C7H11NO4S/c9-7(10)3-1-4-8-5-2-6-13(8,11)12/h1,3H,2,4-6H2,(H,9,10)/b3-1+. The Labute approximate surface area is 76.7 Å². The molecule has 6 heteroatoms. The first-order valence-corrected chi connectivity index (χ1v) is 5.50. The lowest BCUT2D eigenvalue weighted by atomic mass is 10.4. The van der Waals surface area contributed by atoms with Crippen LogP contribution >= 0.6 is 0 Å². The van der Waals surface area contributed by atoms with E-state index in [0.29, 0.717) is 13.0 Å². The Kier molecular flexibility index (Phi) is 3.05. The summed E-state index contributed by atoms with van der Waals surface area (Å²) >= 11 is 0. The number of hydrogen-bond donors (Lipinski definition) is 1. The van der Waals surface area contributed by atoms with Gasteiger partial charge in [0.1, 0.15) is 0 Å². The van der Waals surface area contributed by atoms with Gasteiger partial charge >= 0.3 is 5.97 Å². The number of carboxylic acid groups (broad SMARTS) is 1. The molecule has 1 aliphatic heterocycles. The molecule has 0 spiro atoms. The van der Waals surface area contributed by atoms with Crippen LogP contribution in [0.25, 0.3) is 0 Å². The molecule has 1 rings (SSSR count). The van der Waals surface area contributed by atoms with Gasteiger partial charge in [0.25, 0.3) is 0 Å². The van der Waals surface area contributed by atoms with Crippen LogP contribution in [0.4, 0.5) is 0 Å². The summed E-state index contributed by atoms with van der Waals surface area (Å²) in [5.41, 5.74) is 0. The van der Waals surface area contributed by atoms with Crippen molar-refractivity contribution in [3.63, 3.8) is 0 Å². The molecule has 1 N–H and O–H groups in total.